The third kappa shape index (κ3) is 3.27. The summed E-state index contributed by atoms with van der Waals surface area (Å²) in [5, 5.41) is 13.3. The largest absolute Gasteiger partial charge is 0.229 e. The molecular formula is C20H13N3S2. The topological polar surface area (TPSA) is 49.6 Å². The van der Waals surface area contributed by atoms with Crippen molar-refractivity contribution in [2.24, 2.45) is 0 Å². The summed E-state index contributed by atoms with van der Waals surface area (Å²) in [5.74, 6) is 0.770. The molecule has 2 heterocycles. The molecule has 0 saturated heterocycles. The van der Waals surface area contributed by atoms with Crippen LogP contribution in [0.15, 0.2) is 71.3 Å². The van der Waals surface area contributed by atoms with Crippen LogP contribution in [0.5, 0.6) is 0 Å². The average Bonchev–Trinajstić information content (AvgIpc) is 3.12. The van der Waals surface area contributed by atoms with Crippen LogP contribution in [0.3, 0.4) is 0 Å². The van der Waals surface area contributed by atoms with E-state index in [1.54, 1.807) is 29.4 Å². The van der Waals surface area contributed by atoms with Gasteiger partial charge in [0.15, 0.2) is 0 Å². The predicted octanol–water partition coefficient (Wildman–Crippen LogP) is 5.52. The molecule has 4 aromatic rings. The van der Waals surface area contributed by atoms with Gasteiger partial charge in [-0.25, -0.2) is 9.97 Å². The highest BCUT2D eigenvalue weighted by Crippen LogP contribution is 2.38. The summed E-state index contributed by atoms with van der Waals surface area (Å²) >= 11 is 3.32. The number of hydrogen-bond donors (Lipinski definition) is 0. The first-order valence-corrected chi connectivity index (χ1v) is 9.61. The molecule has 2 aromatic heterocycles. The van der Waals surface area contributed by atoms with Crippen LogP contribution in [0.1, 0.15) is 11.1 Å². The zero-order valence-electron chi connectivity index (χ0n) is 13.2. The van der Waals surface area contributed by atoms with Gasteiger partial charge < -0.3 is 0 Å². The number of aromatic nitrogens is 2. The van der Waals surface area contributed by atoms with Gasteiger partial charge in [-0.05, 0) is 23.3 Å². The SMILES string of the molecule is N#Cc1cccc(CSc2ncnc3scc(-c4ccccc4)c23)c1. The van der Waals surface area contributed by atoms with Crippen molar-refractivity contribution < 1.29 is 0 Å². The Balaban J connectivity index is 1.70. The van der Waals surface area contributed by atoms with E-state index in [-0.39, 0.29) is 0 Å². The second-order valence-corrected chi connectivity index (χ2v) is 7.30. The molecule has 0 amide bonds. The monoisotopic (exact) mass is 359 g/mol. The van der Waals surface area contributed by atoms with Crippen LogP contribution in [0.2, 0.25) is 0 Å². The first kappa shape index (κ1) is 15.8. The van der Waals surface area contributed by atoms with E-state index in [0.29, 0.717) is 5.56 Å². The molecule has 0 N–H and O–H groups in total. The van der Waals surface area contributed by atoms with Gasteiger partial charge in [-0.15, -0.1) is 23.1 Å². The fraction of sp³-hybridized carbons (Fsp3) is 0.0500. The van der Waals surface area contributed by atoms with Gasteiger partial charge in [-0.3, -0.25) is 0 Å². The minimum Gasteiger partial charge on any atom is -0.229 e. The van der Waals surface area contributed by atoms with Crippen molar-refractivity contribution in [1.82, 2.24) is 9.97 Å². The van der Waals surface area contributed by atoms with Gasteiger partial charge in [-0.1, -0.05) is 42.5 Å². The summed E-state index contributed by atoms with van der Waals surface area (Å²) in [6.07, 6.45) is 1.63. The lowest BCUT2D eigenvalue weighted by atomic mass is 10.1. The van der Waals surface area contributed by atoms with Crippen LogP contribution in [0, 0.1) is 11.3 Å². The van der Waals surface area contributed by atoms with E-state index in [2.05, 4.69) is 33.5 Å². The third-order valence-electron chi connectivity index (χ3n) is 3.85. The Morgan fingerprint density at radius 1 is 1.04 bits per heavy atom. The molecule has 0 bridgehead atoms. The number of rotatable bonds is 4. The quantitative estimate of drug-likeness (QED) is 0.355. The molecular weight excluding hydrogens is 346 g/mol. The standard InChI is InChI=1S/C20H13N3S2/c21-10-14-5-4-6-15(9-14)11-24-19-18-17(16-7-2-1-3-8-16)12-25-20(18)23-13-22-19/h1-9,12-13H,11H2. The van der Waals surface area contributed by atoms with Gasteiger partial charge in [-0.2, -0.15) is 5.26 Å². The molecule has 0 radical (unpaired) electrons. The minimum absolute atomic E-state index is 0.687. The lowest BCUT2D eigenvalue weighted by Crippen LogP contribution is -1.88. The van der Waals surface area contributed by atoms with E-state index in [1.807, 2.05) is 42.5 Å². The highest BCUT2D eigenvalue weighted by atomic mass is 32.2. The van der Waals surface area contributed by atoms with E-state index < -0.39 is 0 Å². The van der Waals surface area contributed by atoms with Crippen molar-refractivity contribution in [2.45, 2.75) is 10.8 Å². The number of fused-ring (bicyclic) bond motifs is 1. The number of nitriles is 1. The fourth-order valence-corrected chi connectivity index (χ4v) is 4.61. The third-order valence-corrected chi connectivity index (χ3v) is 5.80. The van der Waals surface area contributed by atoms with Crippen molar-refractivity contribution in [3.8, 4) is 17.2 Å². The smallest absolute Gasteiger partial charge is 0.128 e. The average molecular weight is 359 g/mol. The summed E-state index contributed by atoms with van der Waals surface area (Å²) in [6, 6.07) is 20.2. The molecule has 5 heteroatoms. The maximum absolute atomic E-state index is 9.05. The molecule has 25 heavy (non-hydrogen) atoms. The van der Waals surface area contributed by atoms with E-state index in [1.165, 1.54) is 11.1 Å². The lowest BCUT2D eigenvalue weighted by Gasteiger charge is -2.06. The highest BCUT2D eigenvalue weighted by molar-refractivity contribution is 7.98. The van der Waals surface area contributed by atoms with Gasteiger partial charge >= 0.3 is 0 Å². The van der Waals surface area contributed by atoms with Crippen molar-refractivity contribution in [3.63, 3.8) is 0 Å². The molecule has 0 unspecified atom stereocenters. The van der Waals surface area contributed by atoms with Crippen molar-refractivity contribution in [3.05, 3.63) is 77.4 Å². The van der Waals surface area contributed by atoms with Gasteiger partial charge in [0.2, 0.25) is 0 Å². The summed E-state index contributed by atoms with van der Waals surface area (Å²) < 4.78 is 0. The first-order valence-electron chi connectivity index (χ1n) is 7.74. The van der Waals surface area contributed by atoms with E-state index in [0.717, 1.165) is 26.6 Å². The molecule has 120 valence electrons. The Hall–Kier alpha value is -2.68. The fourth-order valence-electron chi connectivity index (χ4n) is 2.67. The molecule has 0 fully saturated rings. The zero-order valence-corrected chi connectivity index (χ0v) is 14.8. The molecule has 0 spiro atoms. The summed E-state index contributed by atoms with van der Waals surface area (Å²) in [4.78, 5) is 9.94. The minimum atomic E-state index is 0.687. The van der Waals surface area contributed by atoms with Crippen LogP contribution >= 0.6 is 23.1 Å². The number of hydrogen-bond acceptors (Lipinski definition) is 5. The highest BCUT2D eigenvalue weighted by Gasteiger charge is 2.13. The zero-order chi connectivity index (χ0) is 17.1. The molecule has 0 aliphatic rings. The Morgan fingerprint density at radius 2 is 1.92 bits per heavy atom. The normalized spacial score (nSPS) is 10.7. The number of nitrogens with zero attached hydrogens (tertiary/aromatic N) is 3. The van der Waals surface area contributed by atoms with Crippen LogP contribution < -0.4 is 0 Å². The Bertz CT molecular complexity index is 1070. The Kier molecular flexibility index (Phi) is 4.47. The number of thioether (sulfide) groups is 1. The Morgan fingerprint density at radius 3 is 2.76 bits per heavy atom. The molecule has 2 aromatic carbocycles. The van der Waals surface area contributed by atoms with Crippen LogP contribution in [-0.4, -0.2) is 9.97 Å². The predicted molar refractivity (Wildman–Crippen MR) is 104 cm³/mol. The van der Waals surface area contributed by atoms with Gasteiger partial charge in [0.25, 0.3) is 0 Å². The summed E-state index contributed by atoms with van der Waals surface area (Å²) in [7, 11) is 0. The second-order valence-electron chi connectivity index (χ2n) is 5.48. The molecule has 0 atom stereocenters. The van der Waals surface area contributed by atoms with Crippen molar-refractivity contribution in [1.29, 1.82) is 5.26 Å². The first-order chi connectivity index (χ1) is 12.3. The van der Waals surface area contributed by atoms with Gasteiger partial charge in [0, 0.05) is 16.7 Å². The summed E-state index contributed by atoms with van der Waals surface area (Å²) in [5.41, 5.74) is 4.16. The number of thiophene rings is 1. The lowest BCUT2D eigenvalue weighted by molar-refractivity contribution is 1.11. The maximum Gasteiger partial charge on any atom is 0.128 e. The van der Waals surface area contributed by atoms with Crippen LogP contribution in [0.4, 0.5) is 0 Å². The van der Waals surface area contributed by atoms with E-state index in [9.17, 15) is 0 Å². The van der Waals surface area contributed by atoms with Gasteiger partial charge in [0.05, 0.1) is 17.0 Å². The van der Waals surface area contributed by atoms with Crippen LogP contribution in [0.25, 0.3) is 21.3 Å². The molecule has 0 aliphatic heterocycles. The van der Waals surface area contributed by atoms with E-state index in [4.69, 9.17) is 5.26 Å². The second kappa shape index (κ2) is 7.06. The maximum atomic E-state index is 9.05. The van der Waals surface area contributed by atoms with Crippen molar-refractivity contribution >= 4 is 33.3 Å². The molecule has 4 rings (SSSR count). The van der Waals surface area contributed by atoms with E-state index >= 15 is 0 Å². The summed E-state index contributed by atoms with van der Waals surface area (Å²) in [6.45, 7) is 0. The molecule has 3 nitrogen and oxygen atoms in total. The molecule has 0 aliphatic carbocycles. The number of benzene rings is 2. The van der Waals surface area contributed by atoms with Crippen molar-refractivity contribution in [2.75, 3.05) is 0 Å². The Labute approximate surface area is 154 Å². The van der Waals surface area contributed by atoms with Crippen LogP contribution in [-0.2, 0) is 5.75 Å². The molecule has 0 saturated carbocycles. The van der Waals surface area contributed by atoms with Gasteiger partial charge in [0.1, 0.15) is 16.2 Å².